The molecule has 1 amide bonds. The Kier molecular flexibility index (Phi) is 6.74. The van der Waals surface area contributed by atoms with Crippen LogP contribution in [0.3, 0.4) is 0 Å². The Hall–Kier alpha value is -1.91. The highest BCUT2D eigenvalue weighted by Crippen LogP contribution is 2.44. The monoisotopic (exact) mass is 583 g/mol. The maximum atomic E-state index is 15.3. The number of anilines is 1. The summed E-state index contributed by atoms with van der Waals surface area (Å²) in [6, 6.07) is 1.89. The number of hydrogen-bond donors (Lipinski definition) is 0. The van der Waals surface area contributed by atoms with Crippen LogP contribution >= 0.6 is 27.5 Å². The molecular formula is C25H32BrClFN5O3. The largest absolute Gasteiger partial charge is 0.460 e. The first-order valence-electron chi connectivity index (χ1n) is 12.4. The van der Waals surface area contributed by atoms with Crippen molar-refractivity contribution in [3.63, 3.8) is 0 Å². The van der Waals surface area contributed by atoms with Crippen molar-refractivity contribution < 1.29 is 18.7 Å². The third kappa shape index (κ3) is 5.09. The third-order valence-electron chi connectivity index (χ3n) is 7.17. The fourth-order valence-electron chi connectivity index (χ4n) is 5.28. The molecule has 11 heteroatoms. The van der Waals surface area contributed by atoms with E-state index < -0.39 is 11.4 Å². The SMILES string of the molecule is CN1CCC(Oc2nc(N3CCC4(CN(C(=O)OC(C)(C)C)C4)C3)c3cc(Cl)c(Br)c(F)c3n2)CC1. The third-order valence-corrected chi connectivity index (χ3v) is 8.47. The molecule has 1 spiro atoms. The zero-order chi connectivity index (χ0) is 25.8. The van der Waals surface area contributed by atoms with Gasteiger partial charge >= 0.3 is 12.1 Å². The molecular weight excluding hydrogens is 553 g/mol. The number of fused-ring (bicyclic) bond motifs is 1. The Bertz CT molecular complexity index is 1180. The summed E-state index contributed by atoms with van der Waals surface area (Å²) >= 11 is 9.57. The van der Waals surface area contributed by atoms with E-state index >= 15 is 4.39 Å². The summed E-state index contributed by atoms with van der Waals surface area (Å²) in [4.78, 5) is 27.8. The molecule has 196 valence electrons. The van der Waals surface area contributed by atoms with Gasteiger partial charge in [0.05, 0.1) is 9.50 Å². The number of piperidine rings is 1. The molecule has 0 radical (unpaired) electrons. The number of ether oxygens (including phenoxy) is 2. The molecule has 3 aliphatic heterocycles. The molecule has 0 aliphatic carbocycles. The molecule has 0 N–H and O–H groups in total. The Morgan fingerprint density at radius 1 is 1.19 bits per heavy atom. The lowest BCUT2D eigenvalue weighted by atomic mass is 9.79. The number of carbonyl (C=O) groups excluding carboxylic acids is 1. The van der Waals surface area contributed by atoms with Crippen LogP contribution in [0, 0.1) is 11.2 Å². The van der Waals surface area contributed by atoms with E-state index in [9.17, 15) is 4.79 Å². The number of aromatic nitrogens is 2. The maximum Gasteiger partial charge on any atom is 0.410 e. The predicted molar refractivity (Wildman–Crippen MR) is 140 cm³/mol. The summed E-state index contributed by atoms with van der Waals surface area (Å²) in [6.45, 7) is 10.1. The van der Waals surface area contributed by atoms with Gasteiger partial charge in [-0.05, 0) is 69.1 Å². The van der Waals surface area contributed by atoms with E-state index in [-0.39, 0.29) is 38.6 Å². The van der Waals surface area contributed by atoms with Crippen LogP contribution in [0.4, 0.5) is 15.0 Å². The highest BCUT2D eigenvalue weighted by molar-refractivity contribution is 9.10. The number of halogens is 3. The van der Waals surface area contributed by atoms with Crippen LogP contribution in [-0.2, 0) is 4.74 Å². The summed E-state index contributed by atoms with van der Waals surface area (Å²) in [5, 5.41) is 0.819. The van der Waals surface area contributed by atoms with E-state index in [4.69, 9.17) is 26.1 Å². The lowest BCUT2D eigenvalue weighted by Crippen LogP contribution is -2.60. The first kappa shape index (κ1) is 25.7. The average Bonchev–Trinajstić information content (AvgIpc) is 3.23. The van der Waals surface area contributed by atoms with Gasteiger partial charge in [-0.1, -0.05) is 11.6 Å². The van der Waals surface area contributed by atoms with E-state index in [2.05, 4.69) is 37.8 Å². The molecule has 36 heavy (non-hydrogen) atoms. The molecule has 0 atom stereocenters. The van der Waals surface area contributed by atoms with Crippen molar-refractivity contribution in [1.29, 1.82) is 0 Å². The minimum Gasteiger partial charge on any atom is -0.460 e. The molecule has 3 fully saturated rings. The molecule has 3 aliphatic rings. The number of benzene rings is 1. The minimum atomic E-state index is -0.525. The lowest BCUT2D eigenvalue weighted by Gasteiger charge is -2.47. The zero-order valence-electron chi connectivity index (χ0n) is 21.1. The van der Waals surface area contributed by atoms with Crippen molar-refractivity contribution in [2.45, 2.75) is 51.7 Å². The van der Waals surface area contributed by atoms with Crippen LogP contribution in [0.25, 0.3) is 10.9 Å². The second-order valence-corrected chi connectivity index (χ2v) is 12.5. The maximum absolute atomic E-state index is 15.3. The topological polar surface area (TPSA) is 71.0 Å². The number of rotatable bonds is 3. The summed E-state index contributed by atoms with van der Waals surface area (Å²) < 4.78 is 27.1. The smallest absolute Gasteiger partial charge is 0.410 e. The molecule has 5 rings (SSSR count). The fourth-order valence-corrected chi connectivity index (χ4v) is 5.77. The standard InChI is InChI=1S/C25H32BrClFN5O3/c1-24(2,3)36-23(34)33-13-25(14-33)7-10-32(12-25)21-16-11-17(27)18(26)19(28)20(16)29-22(30-21)35-15-5-8-31(4)9-6-15/h11,15H,5-10,12-14H2,1-4H3. The van der Waals surface area contributed by atoms with Gasteiger partial charge in [0.2, 0.25) is 0 Å². The molecule has 0 saturated carbocycles. The van der Waals surface area contributed by atoms with Gasteiger partial charge in [-0.25, -0.2) is 9.18 Å². The van der Waals surface area contributed by atoms with E-state index in [1.165, 1.54) is 0 Å². The van der Waals surface area contributed by atoms with Gasteiger partial charge in [0.25, 0.3) is 0 Å². The second-order valence-electron chi connectivity index (χ2n) is 11.3. The van der Waals surface area contributed by atoms with Gasteiger partial charge in [-0.15, -0.1) is 0 Å². The van der Waals surface area contributed by atoms with Crippen molar-refractivity contribution in [1.82, 2.24) is 19.8 Å². The highest BCUT2D eigenvalue weighted by Gasteiger charge is 2.50. The van der Waals surface area contributed by atoms with Crippen LogP contribution in [0.5, 0.6) is 6.01 Å². The predicted octanol–water partition coefficient (Wildman–Crippen LogP) is 5.11. The molecule has 4 heterocycles. The summed E-state index contributed by atoms with van der Waals surface area (Å²) in [5.74, 6) is 0.0897. The molecule has 3 saturated heterocycles. The number of nitrogens with zero attached hydrogens (tertiary/aromatic N) is 5. The van der Waals surface area contributed by atoms with Gasteiger partial charge in [0.15, 0.2) is 5.82 Å². The second kappa shape index (κ2) is 9.44. The van der Waals surface area contributed by atoms with E-state index in [0.717, 1.165) is 38.9 Å². The molecule has 2 aromatic rings. The Morgan fingerprint density at radius 3 is 2.56 bits per heavy atom. The molecule has 0 bridgehead atoms. The normalized spacial score (nSPS) is 20.8. The number of hydrogen-bond acceptors (Lipinski definition) is 7. The first-order chi connectivity index (χ1) is 16.9. The van der Waals surface area contributed by atoms with Crippen LogP contribution in [0.15, 0.2) is 10.5 Å². The van der Waals surface area contributed by atoms with E-state index in [0.29, 0.717) is 30.8 Å². The number of amides is 1. The van der Waals surface area contributed by atoms with Gasteiger partial charge in [0.1, 0.15) is 23.0 Å². The van der Waals surface area contributed by atoms with Gasteiger partial charge in [-0.2, -0.15) is 9.97 Å². The first-order valence-corrected chi connectivity index (χ1v) is 13.5. The fraction of sp³-hybridized carbons (Fsp3) is 0.640. The summed E-state index contributed by atoms with van der Waals surface area (Å²) in [6.07, 6.45) is 2.34. The summed E-state index contributed by atoms with van der Waals surface area (Å²) in [5.41, 5.74) is -0.381. The van der Waals surface area contributed by atoms with Crippen molar-refractivity contribution in [2.24, 2.45) is 5.41 Å². The van der Waals surface area contributed by atoms with Crippen LogP contribution in [0.1, 0.15) is 40.0 Å². The van der Waals surface area contributed by atoms with Crippen molar-refractivity contribution >= 4 is 50.3 Å². The van der Waals surface area contributed by atoms with Crippen LogP contribution in [0.2, 0.25) is 5.02 Å². The van der Waals surface area contributed by atoms with Crippen molar-refractivity contribution in [3.8, 4) is 6.01 Å². The Morgan fingerprint density at radius 2 is 1.89 bits per heavy atom. The van der Waals surface area contributed by atoms with Gasteiger partial charge in [-0.3, -0.25) is 0 Å². The van der Waals surface area contributed by atoms with Crippen LogP contribution in [-0.4, -0.2) is 83.9 Å². The highest BCUT2D eigenvalue weighted by atomic mass is 79.9. The average molecular weight is 585 g/mol. The lowest BCUT2D eigenvalue weighted by molar-refractivity contribution is -0.0266. The molecule has 1 aromatic carbocycles. The van der Waals surface area contributed by atoms with Crippen molar-refractivity contribution in [2.75, 3.05) is 51.2 Å². The molecule has 0 unspecified atom stereocenters. The van der Waals surface area contributed by atoms with Crippen LogP contribution < -0.4 is 9.64 Å². The quantitative estimate of drug-likeness (QED) is 0.465. The van der Waals surface area contributed by atoms with E-state index in [1.54, 1.807) is 11.0 Å². The molecule has 8 nitrogen and oxygen atoms in total. The van der Waals surface area contributed by atoms with Gasteiger partial charge < -0.3 is 24.2 Å². The van der Waals surface area contributed by atoms with Gasteiger partial charge in [0, 0.05) is 50.1 Å². The zero-order valence-corrected chi connectivity index (χ0v) is 23.5. The minimum absolute atomic E-state index is 0.00996. The Balaban J connectivity index is 1.40. The molecule has 1 aromatic heterocycles. The summed E-state index contributed by atoms with van der Waals surface area (Å²) in [7, 11) is 2.09. The number of likely N-dealkylation sites (tertiary alicyclic amines) is 2. The Labute approximate surface area is 224 Å². The number of carbonyl (C=O) groups is 1. The van der Waals surface area contributed by atoms with Crippen molar-refractivity contribution in [3.05, 3.63) is 21.4 Å². The van der Waals surface area contributed by atoms with E-state index in [1.807, 2.05) is 20.8 Å².